The van der Waals surface area contributed by atoms with E-state index in [1.807, 2.05) is 20.8 Å². The topological polar surface area (TPSA) is 65.7 Å². The van der Waals surface area contributed by atoms with Crippen molar-refractivity contribution in [2.24, 2.45) is 0 Å². The Morgan fingerprint density at radius 3 is 2.30 bits per heavy atom. The van der Waals surface area contributed by atoms with Gasteiger partial charge in [0.15, 0.2) is 23.8 Å². The summed E-state index contributed by atoms with van der Waals surface area (Å²) in [6.07, 6.45) is -0.0815. The highest BCUT2D eigenvalue weighted by Gasteiger charge is 2.32. The third kappa shape index (κ3) is 4.49. The molecule has 0 aliphatic carbocycles. The van der Waals surface area contributed by atoms with E-state index in [9.17, 15) is 9.59 Å². The zero-order valence-corrected chi connectivity index (χ0v) is 12.9. The molecule has 0 bridgehead atoms. The molecular weight excluding hydrogens is 260 g/mol. The summed E-state index contributed by atoms with van der Waals surface area (Å²) < 4.78 is 16.3. The third-order valence-electron chi connectivity index (χ3n) is 2.55. The van der Waals surface area contributed by atoms with Crippen molar-refractivity contribution in [3.63, 3.8) is 0 Å². The maximum absolute atomic E-state index is 12.0. The van der Waals surface area contributed by atoms with E-state index in [1.165, 1.54) is 6.07 Å². The van der Waals surface area contributed by atoms with Gasteiger partial charge in [0, 0.05) is 0 Å². The Bertz CT molecular complexity index is 479. The van der Waals surface area contributed by atoms with E-state index in [1.54, 1.807) is 26.8 Å². The molecule has 1 aromatic heterocycles. The smallest absolute Gasteiger partial charge is 0.335 e. The van der Waals surface area contributed by atoms with Crippen molar-refractivity contribution >= 4 is 12.3 Å². The molecule has 0 aromatic carbocycles. The minimum absolute atomic E-state index is 0.197. The molecule has 0 fully saturated rings. The third-order valence-corrected chi connectivity index (χ3v) is 2.55. The van der Waals surface area contributed by atoms with Gasteiger partial charge in [-0.15, -0.1) is 0 Å². The predicted molar refractivity (Wildman–Crippen MR) is 73.5 cm³/mol. The molecule has 112 valence electrons. The molecule has 0 aliphatic heterocycles. The second-order valence-electron chi connectivity index (χ2n) is 6.12. The van der Waals surface area contributed by atoms with Crippen LogP contribution in [0.4, 0.5) is 0 Å². The summed E-state index contributed by atoms with van der Waals surface area (Å²) in [6.45, 7) is 10.6. The average Bonchev–Trinajstić information content (AvgIpc) is 2.75. The molecule has 0 radical (unpaired) electrons. The number of hydrogen-bond donors (Lipinski definition) is 0. The van der Waals surface area contributed by atoms with Crippen molar-refractivity contribution in [2.75, 3.05) is 0 Å². The van der Waals surface area contributed by atoms with Crippen molar-refractivity contribution < 1.29 is 23.5 Å². The Labute approximate surface area is 119 Å². The van der Waals surface area contributed by atoms with Gasteiger partial charge in [-0.1, -0.05) is 0 Å². The minimum Gasteiger partial charge on any atom is -0.454 e. The lowest BCUT2D eigenvalue weighted by atomic mass is 10.1. The van der Waals surface area contributed by atoms with Crippen LogP contribution in [0.1, 0.15) is 57.9 Å². The van der Waals surface area contributed by atoms with Crippen LogP contribution in [0.3, 0.4) is 0 Å². The first-order valence-electron chi connectivity index (χ1n) is 6.51. The number of ether oxygens (including phenoxy) is 2. The number of carbonyl (C=O) groups excluding carboxylic acids is 2. The maximum atomic E-state index is 12.0. The minimum atomic E-state index is -0.964. The van der Waals surface area contributed by atoms with E-state index in [0.717, 1.165) is 0 Å². The molecule has 5 heteroatoms. The molecule has 0 saturated carbocycles. The fourth-order valence-electron chi connectivity index (χ4n) is 1.70. The molecule has 0 aliphatic rings. The quantitative estimate of drug-likeness (QED) is 0.613. The monoisotopic (exact) mass is 282 g/mol. The normalized spacial score (nSPS) is 13.9. The summed E-state index contributed by atoms with van der Waals surface area (Å²) in [5.74, 6) is 0.132. The van der Waals surface area contributed by atoms with Crippen LogP contribution in [0.15, 0.2) is 16.5 Å². The van der Waals surface area contributed by atoms with Gasteiger partial charge in [-0.2, -0.15) is 0 Å². The Morgan fingerprint density at radius 1 is 1.25 bits per heavy atom. The van der Waals surface area contributed by atoms with Gasteiger partial charge in [0.2, 0.25) is 0 Å². The molecule has 0 amide bonds. The van der Waals surface area contributed by atoms with Gasteiger partial charge >= 0.3 is 5.97 Å². The number of hydrogen-bond acceptors (Lipinski definition) is 5. The average molecular weight is 282 g/mol. The zero-order chi connectivity index (χ0) is 15.6. The van der Waals surface area contributed by atoms with E-state index < -0.39 is 23.3 Å². The summed E-state index contributed by atoms with van der Waals surface area (Å²) in [7, 11) is 0. The molecule has 0 N–H and O–H groups in total. The summed E-state index contributed by atoms with van der Waals surface area (Å²) in [5, 5.41) is 0. The molecule has 0 spiro atoms. The molecule has 5 nitrogen and oxygen atoms in total. The van der Waals surface area contributed by atoms with E-state index in [4.69, 9.17) is 13.9 Å². The molecule has 20 heavy (non-hydrogen) atoms. The second-order valence-corrected chi connectivity index (χ2v) is 6.12. The largest absolute Gasteiger partial charge is 0.454 e. The van der Waals surface area contributed by atoms with Crippen molar-refractivity contribution in [3.05, 3.63) is 23.7 Å². The fraction of sp³-hybridized carbons (Fsp3) is 0.600. The van der Waals surface area contributed by atoms with Crippen molar-refractivity contribution in [1.29, 1.82) is 0 Å². The van der Waals surface area contributed by atoms with Crippen LogP contribution in [0.2, 0.25) is 0 Å². The standard InChI is InChI=1S/C15H22O5/c1-10(19-14(2,3)4)13(17)20-15(5,6)12-8-7-11(9-16)18-12/h7-10H,1-6H3/t10-/m0/s1. The van der Waals surface area contributed by atoms with Gasteiger partial charge in [0.05, 0.1) is 5.60 Å². The van der Waals surface area contributed by atoms with Gasteiger partial charge < -0.3 is 13.9 Å². The SMILES string of the molecule is C[C@H](OC(C)(C)C)C(=O)OC(C)(C)c1ccc(C=O)o1. The van der Waals surface area contributed by atoms with Crippen LogP contribution < -0.4 is 0 Å². The number of aldehydes is 1. The van der Waals surface area contributed by atoms with Crippen LogP contribution in [0.5, 0.6) is 0 Å². The van der Waals surface area contributed by atoms with Gasteiger partial charge in [0.1, 0.15) is 5.76 Å². The first-order valence-corrected chi connectivity index (χ1v) is 6.51. The molecule has 1 heterocycles. The van der Waals surface area contributed by atoms with Gasteiger partial charge in [-0.05, 0) is 53.7 Å². The maximum Gasteiger partial charge on any atom is 0.335 e. The summed E-state index contributed by atoms with van der Waals surface area (Å²) in [4.78, 5) is 22.6. The van der Waals surface area contributed by atoms with E-state index in [0.29, 0.717) is 12.0 Å². The molecule has 1 atom stereocenters. The number of rotatable bonds is 5. The van der Waals surface area contributed by atoms with Crippen molar-refractivity contribution in [3.8, 4) is 0 Å². The number of furan rings is 1. The lowest BCUT2D eigenvalue weighted by Gasteiger charge is -2.28. The molecule has 1 aromatic rings. The van der Waals surface area contributed by atoms with E-state index in [2.05, 4.69) is 0 Å². The first-order chi connectivity index (χ1) is 9.05. The highest BCUT2D eigenvalue weighted by molar-refractivity contribution is 5.75. The van der Waals surface area contributed by atoms with Crippen molar-refractivity contribution in [1.82, 2.24) is 0 Å². The number of esters is 1. The summed E-state index contributed by atoms with van der Waals surface area (Å²) in [6, 6.07) is 3.15. The van der Waals surface area contributed by atoms with Crippen LogP contribution >= 0.6 is 0 Å². The fourth-order valence-corrected chi connectivity index (χ4v) is 1.70. The zero-order valence-electron chi connectivity index (χ0n) is 12.9. The lowest BCUT2D eigenvalue weighted by Crippen LogP contribution is -2.36. The summed E-state index contributed by atoms with van der Waals surface area (Å²) >= 11 is 0. The van der Waals surface area contributed by atoms with Crippen molar-refractivity contribution in [2.45, 2.75) is 58.8 Å². The highest BCUT2D eigenvalue weighted by atomic mass is 16.6. The molecule has 0 saturated heterocycles. The Morgan fingerprint density at radius 2 is 1.85 bits per heavy atom. The van der Waals surface area contributed by atoms with Gasteiger partial charge in [-0.25, -0.2) is 4.79 Å². The van der Waals surface area contributed by atoms with Gasteiger partial charge in [-0.3, -0.25) is 4.79 Å². The van der Waals surface area contributed by atoms with Crippen LogP contribution in [-0.4, -0.2) is 24.0 Å². The lowest BCUT2D eigenvalue weighted by molar-refractivity contribution is -0.179. The number of carbonyl (C=O) groups is 2. The first kappa shape index (κ1) is 16.4. The van der Waals surface area contributed by atoms with E-state index in [-0.39, 0.29) is 5.76 Å². The molecule has 1 rings (SSSR count). The van der Waals surface area contributed by atoms with E-state index >= 15 is 0 Å². The Balaban J connectivity index is 2.75. The molecular formula is C15H22O5. The summed E-state index contributed by atoms with van der Waals surface area (Å²) in [5.41, 5.74) is -1.40. The second kappa shape index (κ2) is 5.79. The Kier molecular flexibility index (Phi) is 4.76. The van der Waals surface area contributed by atoms with Crippen LogP contribution in [-0.2, 0) is 19.9 Å². The van der Waals surface area contributed by atoms with Crippen LogP contribution in [0, 0.1) is 0 Å². The molecule has 0 unspecified atom stereocenters. The highest BCUT2D eigenvalue weighted by Crippen LogP contribution is 2.27. The van der Waals surface area contributed by atoms with Gasteiger partial charge in [0.25, 0.3) is 0 Å². The van der Waals surface area contributed by atoms with Crippen LogP contribution in [0.25, 0.3) is 0 Å². The Hall–Kier alpha value is -1.62. The predicted octanol–water partition coefficient (Wildman–Crippen LogP) is 3.07.